The zero-order valence-electron chi connectivity index (χ0n) is 52.9. The van der Waals surface area contributed by atoms with Gasteiger partial charge in [-0.2, -0.15) is 0 Å². The fourth-order valence-corrected chi connectivity index (χ4v) is 13.6. The molecule has 0 aliphatic heterocycles. The van der Waals surface area contributed by atoms with E-state index in [0.717, 1.165) is 133 Å². The highest BCUT2D eigenvalue weighted by atomic mass is 14.3. The van der Waals surface area contributed by atoms with Crippen molar-refractivity contribution in [1.82, 2.24) is 0 Å². The number of terminal acetylenes is 12. The van der Waals surface area contributed by atoms with E-state index in [1.807, 2.05) is 109 Å². The Balaban J connectivity index is 1.15. The van der Waals surface area contributed by atoms with Crippen LogP contribution in [0.1, 0.15) is 66.8 Å². The van der Waals surface area contributed by atoms with Crippen LogP contribution in [0.3, 0.4) is 0 Å². The van der Waals surface area contributed by atoms with Gasteiger partial charge < -0.3 is 0 Å². The number of hydrogen-bond donors (Lipinski definition) is 0. The van der Waals surface area contributed by atoms with Gasteiger partial charge in [0.2, 0.25) is 0 Å². The predicted molar refractivity (Wildman–Crippen MR) is 411 cm³/mol. The highest BCUT2D eigenvalue weighted by Crippen LogP contribution is 2.49. The van der Waals surface area contributed by atoms with Crippen LogP contribution in [-0.2, 0) is 0 Å². The number of benzene rings is 13. The molecule has 13 aromatic rings. The first-order chi connectivity index (χ1) is 48.1. The fraction of sp³-hybridized carbons (Fsp3) is 0. The molecule has 13 aromatic carbocycles. The molecule has 0 unspecified atom stereocenters. The third-order valence-corrected chi connectivity index (χ3v) is 18.0. The van der Waals surface area contributed by atoms with E-state index in [2.05, 4.69) is 192 Å². The van der Waals surface area contributed by atoms with Gasteiger partial charge in [0.1, 0.15) is 0 Å². The van der Waals surface area contributed by atoms with Gasteiger partial charge in [-0.1, -0.05) is 217 Å². The first-order valence-corrected chi connectivity index (χ1v) is 31.0. The molecule has 0 radical (unpaired) electrons. The van der Waals surface area contributed by atoms with Gasteiger partial charge in [-0.3, -0.25) is 0 Å². The van der Waals surface area contributed by atoms with Gasteiger partial charge >= 0.3 is 0 Å². The van der Waals surface area contributed by atoms with Crippen molar-refractivity contribution in [1.29, 1.82) is 0 Å². The van der Waals surface area contributed by atoms with Gasteiger partial charge in [0.15, 0.2) is 0 Å². The Bertz CT molecular complexity index is 5820. The minimum atomic E-state index is 0.553. The molecule has 98 heavy (non-hydrogen) atoms. The summed E-state index contributed by atoms with van der Waals surface area (Å²) in [7, 11) is 0. The molecule has 0 amide bonds. The Hall–Kier alpha value is -14.9. The maximum absolute atomic E-state index is 6.42. The van der Waals surface area contributed by atoms with E-state index >= 15 is 0 Å². The summed E-state index contributed by atoms with van der Waals surface area (Å²) in [6.07, 6.45) is 75.0. The molecule has 0 spiro atoms. The van der Waals surface area contributed by atoms with Crippen molar-refractivity contribution in [3.8, 4) is 259 Å². The molecule has 0 aliphatic rings. The third-order valence-electron chi connectivity index (χ3n) is 18.0. The molecule has 0 aromatic heterocycles. The lowest BCUT2D eigenvalue weighted by atomic mass is 9.82. The maximum atomic E-state index is 6.42. The average molecular weight is 1230 g/mol. The van der Waals surface area contributed by atoms with E-state index in [4.69, 9.17) is 77.1 Å². The minimum absolute atomic E-state index is 0.553. The second-order valence-electron chi connectivity index (χ2n) is 23.1. The molecular weight excluding hydrogens is 1180 g/mol. The quantitative estimate of drug-likeness (QED) is 0.0946. The summed E-state index contributed by atoms with van der Waals surface area (Å²) in [5, 5.41) is 3.89. The third kappa shape index (κ3) is 10.6. The molecule has 0 atom stereocenters. The molecule has 0 saturated heterocycles. The summed E-state index contributed by atoms with van der Waals surface area (Å²) in [6, 6.07) is 77.2. The molecule has 0 heteroatoms. The van der Waals surface area contributed by atoms with E-state index < -0.39 is 0 Å². The Kier molecular flexibility index (Phi) is 16.7. The molecule has 0 heterocycles. The fourth-order valence-electron chi connectivity index (χ4n) is 13.6. The van der Waals surface area contributed by atoms with Crippen molar-refractivity contribution in [2.45, 2.75) is 0 Å². The molecule has 0 aliphatic carbocycles. The standard InChI is InChI=1S/C98H50/c1-13-63-35-29-45-83(77(63)19-7)73-58-74(84-46-30-36-64(14-2)78(84)20-8)60-76(59-73)98-93-43-27-25-41-91(93)97(92-42-26-28-44-94(92)98)75-56-71(69-51-53-89(85-47-31-37-65(15-3)79(85)21-9)95(61-69)87-49-33-39-67(17-5)81(87)23-11)55-72(57-75)70-52-54-90(86-48-32-38-66(16-4)80(86)22-10)96(62-70)88-50-34-40-68(18-6)82(88)24-12/h1-12,25-62H. The first-order valence-electron chi connectivity index (χ1n) is 31.0. The second-order valence-corrected chi connectivity index (χ2v) is 23.1. The summed E-state index contributed by atoms with van der Waals surface area (Å²) >= 11 is 0. The normalized spacial score (nSPS) is 10.3. The van der Waals surface area contributed by atoms with Crippen molar-refractivity contribution in [2.24, 2.45) is 0 Å². The van der Waals surface area contributed by atoms with Crippen LogP contribution < -0.4 is 0 Å². The van der Waals surface area contributed by atoms with Crippen LogP contribution in [-0.4, -0.2) is 0 Å². The molecule has 0 fully saturated rings. The van der Waals surface area contributed by atoms with E-state index in [9.17, 15) is 0 Å². The van der Waals surface area contributed by atoms with Gasteiger partial charge in [0.05, 0.1) is 0 Å². The maximum Gasteiger partial charge on any atom is 0.0477 e. The van der Waals surface area contributed by atoms with E-state index in [1.165, 1.54) is 0 Å². The highest BCUT2D eigenvalue weighted by molar-refractivity contribution is 6.22. The summed E-state index contributed by atoms with van der Waals surface area (Å²) in [4.78, 5) is 0. The SMILES string of the molecule is C#Cc1cccc(-c2cc(-c3cccc(C#C)c3C#C)cc(-c3c4ccccc4c(-c4cc(-c5ccc(-c6cccc(C#C)c6C#C)c(-c6cccc(C#C)c6C#C)c5)cc(-c5ccc(-c6cccc(C#C)c6C#C)c(-c6cccc(C#C)c6C#C)c5)c4)c4ccccc34)c2)c1C#C. The Morgan fingerprint density at radius 1 is 0.153 bits per heavy atom. The van der Waals surface area contributed by atoms with Crippen LogP contribution in [0.25, 0.3) is 133 Å². The van der Waals surface area contributed by atoms with Crippen LogP contribution in [0.4, 0.5) is 0 Å². The van der Waals surface area contributed by atoms with Gasteiger partial charge in [0, 0.05) is 66.8 Å². The topological polar surface area (TPSA) is 0 Å². The molecule has 0 bridgehead atoms. The lowest BCUT2D eigenvalue weighted by molar-refractivity contribution is 1.50. The van der Waals surface area contributed by atoms with Gasteiger partial charge in [-0.15, -0.1) is 77.1 Å². The van der Waals surface area contributed by atoms with E-state index in [0.29, 0.717) is 66.8 Å². The average Bonchev–Trinajstić information content (AvgIpc) is 0.732. The first kappa shape index (κ1) is 61.9. The van der Waals surface area contributed by atoms with Crippen LogP contribution >= 0.6 is 0 Å². The summed E-state index contributed by atoms with van der Waals surface area (Å²) in [5.74, 6) is 34.3. The monoisotopic (exact) mass is 1230 g/mol. The molecule has 0 nitrogen and oxygen atoms in total. The number of rotatable bonds is 10. The van der Waals surface area contributed by atoms with Crippen LogP contribution in [0.2, 0.25) is 0 Å². The predicted octanol–water partition coefficient (Wildman–Crippen LogP) is 20.4. The van der Waals surface area contributed by atoms with Crippen molar-refractivity contribution in [3.05, 3.63) is 297 Å². The van der Waals surface area contributed by atoms with Crippen molar-refractivity contribution in [2.75, 3.05) is 0 Å². The largest absolute Gasteiger partial charge is 0.115 e. The van der Waals surface area contributed by atoms with E-state index in [1.54, 1.807) is 0 Å². The van der Waals surface area contributed by atoms with Crippen molar-refractivity contribution in [3.63, 3.8) is 0 Å². The molecule has 0 saturated carbocycles. The lowest BCUT2D eigenvalue weighted by Gasteiger charge is -2.21. The summed E-state index contributed by atoms with van der Waals surface area (Å²) in [5.41, 5.74) is 23.5. The molecular formula is C98H50. The summed E-state index contributed by atoms with van der Waals surface area (Å²) in [6.45, 7) is 0. The van der Waals surface area contributed by atoms with Crippen LogP contribution in [0.15, 0.2) is 231 Å². The zero-order chi connectivity index (χ0) is 68.1. The number of hydrogen-bond acceptors (Lipinski definition) is 0. The minimum Gasteiger partial charge on any atom is -0.115 e. The number of fused-ring (bicyclic) bond motifs is 2. The second kappa shape index (κ2) is 26.4. The smallest absolute Gasteiger partial charge is 0.0477 e. The highest BCUT2D eigenvalue weighted by Gasteiger charge is 2.25. The lowest BCUT2D eigenvalue weighted by Crippen LogP contribution is -1.97. The molecule has 13 rings (SSSR count). The van der Waals surface area contributed by atoms with Gasteiger partial charge in [0.25, 0.3) is 0 Å². The summed E-state index contributed by atoms with van der Waals surface area (Å²) < 4.78 is 0. The van der Waals surface area contributed by atoms with Gasteiger partial charge in [-0.25, -0.2) is 0 Å². The molecule has 442 valence electrons. The van der Waals surface area contributed by atoms with E-state index in [-0.39, 0.29) is 0 Å². The van der Waals surface area contributed by atoms with Crippen LogP contribution in [0.5, 0.6) is 0 Å². The van der Waals surface area contributed by atoms with Crippen molar-refractivity contribution >= 4 is 21.5 Å². The van der Waals surface area contributed by atoms with Crippen LogP contribution in [0, 0.1) is 148 Å². The van der Waals surface area contributed by atoms with Crippen molar-refractivity contribution < 1.29 is 0 Å². The Labute approximate surface area is 574 Å². The van der Waals surface area contributed by atoms with Gasteiger partial charge in [-0.05, 0) is 218 Å². The zero-order valence-corrected chi connectivity index (χ0v) is 52.9. The Morgan fingerprint density at radius 3 is 0.663 bits per heavy atom. The molecule has 0 N–H and O–H groups in total. The Morgan fingerprint density at radius 2 is 0.388 bits per heavy atom.